The lowest BCUT2D eigenvalue weighted by atomic mass is 10.0. The number of hydrogen-bond acceptors (Lipinski definition) is 4. The highest BCUT2D eigenvalue weighted by molar-refractivity contribution is 6.22. The van der Waals surface area contributed by atoms with Gasteiger partial charge in [0.15, 0.2) is 0 Å². The van der Waals surface area contributed by atoms with Crippen molar-refractivity contribution in [2.45, 2.75) is 52.6 Å². The Morgan fingerprint density at radius 2 is 1.61 bits per heavy atom. The van der Waals surface area contributed by atoms with E-state index in [1.54, 1.807) is 30.9 Å². The van der Waals surface area contributed by atoms with Gasteiger partial charge in [-0.1, -0.05) is 13.8 Å². The van der Waals surface area contributed by atoms with Crippen LogP contribution in [0.15, 0.2) is 18.2 Å². The lowest BCUT2D eigenvalue weighted by Crippen LogP contribution is -2.47. The van der Waals surface area contributed by atoms with Crippen LogP contribution in [0.2, 0.25) is 0 Å². The second kappa shape index (κ2) is 7.73. The van der Waals surface area contributed by atoms with Crippen LogP contribution in [0, 0.1) is 5.92 Å². The fraction of sp³-hybridized carbons (Fsp3) is 0.524. The number of carbonyl (C=O) groups excluding carboxylic acids is 4. The predicted octanol–water partition coefficient (Wildman–Crippen LogP) is 2.07. The number of likely N-dealkylation sites (tertiary alicyclic amines) is 1. The topological polar surface area (TPSA) is 86.8 Å². The van der Waals surface area contributed by atoms with Crippen LogP contribution in [0.25, 0.3) is 0 Å². The van der Waals surface area contributed by atoms with E-state index in [0.717, 1.165) is 0 Å². The van der Waals surface area contributed by atoms with Gasteiger partial charge in [0, 0.05) is 36.7 Å². The molecule has 3 rings (SSSR count). The van der Waals surface area contributed by atoms with Crippen LogP contribution in [0.5, 0.6) is 0 Å². The summed E-state index contributed by atoms with van der Waals surface area (Å²) in [5.74, 6) is -0.840. The lowest BCUT2D eigenvalue weighted by Gasteiger charge is -2.32. The number of carbonyl (C=O) groups is 4. The van der Waals surface area contributed by atoms with Crippen LogP contribution >= 0.6 is 0 Å². The first-order valence-electron chi connectivity index (χ1n) is 9.82. The number of nitrogens with one attached hydrogen (secondary N) is 1. The van der Waals surface area contributed by atoms with Gasteiger partial charge < -0.3 is 10.2 Å². The van der Waals surface area contributed by atoms with Crippen LogP contribution < -0.4 is 5.32 Å². The van der Waals surface area contributed by atoms with Crippen LogP contribution in [-0.4, -0.2) is 58.6 Å². The largest absolute Gasteiger partial charge is 0.353 e. The van der Waals surface area contributed by atoms with Crippen LogP contribution in [0.4, 0.5) is 0 Å². The third-order valence-corrected chi connectivity index (χ3v) is 5.33. The molecule has 0 saturated carbocycles. The van der Waals surface area contributed by atoms with E-state index >= 15 is 0 Å². The highest BCUT2D eigenvalue weighted by Gasteiger charge is 2.38. The van der Waals surface area contributed by atoms with Crippen molar-refractivity contribution in [2.75, 3.05) is 13.1 Å². The van der Waals surface area contributed by atoms with Gasteiger partial charge in [0.1, 0.15) is 0 Å². The fourth-order valence-electron chi connectivity index (χ4n) is 3.64. The summed E-state index contributed by atoms with van der Waals surface area (Å²) in [7, 11) is 0. The number of amides is 4. The van der Waals surface area contributed by atoms with Crippen molar-refractivity contribution in [2.24, 2.45) is 5.92 Å². The Hall–Kier alpha value is -2.70. The Bertz CT molecular complexity index is 823. The number of rotatable bonds is 4. The maximum atomic E-state index is 12.9. The highest BCUT2D eigenvalue weighted by atomic mass is 16.2. The van der Waals surface area contributed by atoms with Gasteiger partial charge in [-0.15, -0.1) is 0 Å². The molecule has 1 saturated heterocycles. The average molecular weight is 385 g/mol. The minimum atomic E-state index is -0.347. The number of nitrogens with zero attached hydrogens (tertiary/aromatic N) is 2. The van der Waals surface area contributed by atoms with E-state index in [0.29, 0.717) is 42.6 Å². The summed E-state index contributed by atoms with van der Waals surface area (Å²) >= 11 is 0. The van der Waals surface area contributed by atoms with Gasteiger partial charge in [-0.2, -0.15) is 0 Å². The number of fused-ring (bicyclic) bond motifs is 1. The summed E-state index contributed by atoms with van der Waals surface area (Å²) in [5, 5.41) is 3.01. The molecule has 0 radical (unpaired) electrons. The lowest BCUT2D eigenvalue weighted by molar-refractivity contribution is -0.124. The predicted molar refractivity (Wildman–Crippen MR) is 104 cm³/mol. The molecule has 0 aliphatic carbocycles. The summed E-state index contributed by atoms with van der Waals surface area (Å²) in [6, 6.07) is 4.57. The molecule has 0 spiro atoms. The molecule has 7 nitrogen and oxygen atoms in total. The smallest absolute Gasteiger partial charge is 0.261 e. The van der Waals surface area contributed by atoms with E-state index in [1.165, 1.54) is 11.0 Å². The molecule has 28 heavy (non-hydrogen) atoms. The first-order valence-corrected chi connectivity index (χ1v) is 9.82. The average Bonchev–Trinajstić information content (AvgIpc) is 2.91. The van der Waals surface area contributed by atoms with Gasteiger partial charge in [-0.25, -0.2) is 0 Å². The Kier molecular flexibility index (Phi) is 5.54. The molecule has 7 heteroatoms. The normalized spacial score (nSPS) is 17.5. The number of hydrogen-bond donors (Lipinski definition) is 1. The highest BCUT2D eigenvalue weighted by Crippen LogP contribution is 2.26. The third kappa shape index (κ3) is 3.66. The van der Waals surface area contributed by atoms with Crippen LogP contribution in [-0.2, 0) is 4.79 Å². The summed E-state index contributed by atoms with van der Waals surface area (Å²) in [5.41, 5.74) is 1.06. The van der Waals surface area contributed by atoms with E-state index in [4.69, 9.17) is 0 Å². The molecule has 1 aromatic carbocycles. The Balaban J connectivity index is 1.68. The zero-order chi connectivity index (χ0) is 20.6. The van der Waals surface area contributed by atoms with Gasteiger partial charge in [0.05, 0.1) is 11.1 Å². The van der Waals surface area contributed by atoms with Crippen LogP contribution in [0.3, 0.4) is 0 Å². The van der Waals surface area contributed by atoms with Crippen molar-refractivity contribution in [3.8, 4) is 0 Å². The maximum absolute atomic E-state index is 12.9. The molecule has 0 bridgehead atoms. The van der Waals surface area contributed by atoms with Gasteiger partial charge >= 0.3 is 0 Å². The quantitative estimate of drug-likeness (QED) is 0.804. The van der Waals surface area contributed by atoms with E-state index in [9.17, 15) is 19.2 Å². The molecular formula is C21H27N3O4. The van der Waals surface area contributed by atoms with Crippen molar-refractivity contribution < 1.29 is 19.2 Å². The molecule has 1 fully saturated rings. The molecule has 2 aliphatic heterocycles. The van der Waals surface area contributed by atoms with Crippen LogP contribution in [0.1, 0.15) is 71.6 Å². The molecule has 0 atom stereocenters. The fourth-order valence-corrected chi connectivity index (χ4v) is 3.64. The summed E-state index contributed by atoms with van der Waals surface area (Å²) in [6.07, 6.45) is 1.40. The first-order chi connectivity index (χ1) is 13.2. The molecule has 4 amide bonds. The molecule has 2 aliphatic rings. The standard InChI is InChI=1S/C21H27N3O4/c1-12(2)18(25)22-15-7-9-23(10-8-15)19(26)14-5-6-16-17(11-14)21(28)24(13(3)4)20(16)27/h5-6,11-13,15H,7-10H2,1-4H3,(H,22,25). The second-order valence-corrected chi connectivity index (χ2v) is 8.06. The minimum Gasteiger partial charge on any atom is -0.353 e. The van der Waals surface area contributed by atoms with E-state index in [1.807, 2.05) is 13.8 Å². The number of imide groups is 1. The molecule has 1 N–H and O–H groups in total. The van der Waals surface area contributed by atoms with Crippen molar-refractivity contribution >= 4 is 23.6 Å². The molecular weight excluding hydrogens is 358 g/mol. The molecule has 1 aromatic rings. The zero-order valence-electron chi connectivity index (χ0n) is 16.8. The summed E-state index contributed by atoms with van der Waals surface area (Å²) < 4.78 is 0. The van der Waals surface area contributed by atoms with Gasteiger partial charge in [0.25, 0.3) is 17.7 Å². The second-order valence-electron chi connectivity index (χ2n) is 8.06. The van der Waals surface area contributed by atoms with Gasteiger partial charge in [0.2, 0.25) is 5.91 Å². The van der Waals surface area contributed by atoms with Crippen molar-refractivity contribution in [1.82, 2.24) is 15.1 Å². The van der Waals surface area contributed by atoms with Gasteiger partial charge in [-0.3, -0.25) is 24.1 Å². The van der Waals surface area contributed by atoms with Crippen molar-refractivity contribution in [3.05, 3.63) is 34.9 Å². The number of benzene rings is 1. The Morgan fingerprint density at radius 3 is 2.18 bits per heavy atom. The minimum absolute atomic E-state index is 0.0290. The first kappa shape index (κ1) is 20.0. The Morgan fingerprint density at radius 1 is 1.00 bits per heavy atom. The molecule has 0 aromatic heterocycles. The van der Waals surface area contributed by atoms with E-state index in [2.05, 4.69) is 5.32 Å². The maximum Gasteiger partial charge on any atom is 0.261 e. The van der Waals surface area contributed by atoms with E-state index in [-0.39, 0.29) is 41.6 Å². The molecule has 0 unspecified atom stereocenters. The third-order valence-electron chi connectivity index (χ3n) is 5.33. The summed E-state index contributed by atoms with van der Waals surface area (Å²) in [4.78, 5) is 52.6. The van der Waals surface area contributed by atoms with Gasteiger partial charge in [-0.05, 0) is 44.9 Å². The van der Waals surface area contributed by atoms with Crippen molar-refractivity contribution in [1.29, 1.82) is 0 Å². The SMILES string of the molecule is CC(C)C(=O)NC1CCN(C(=O)c2ccc3c(c2)C(=O)N(C(C)C)C3=O)CC1. The summed E-state index contributed by atoms with van der Waals surface area (Å²) in [6.45, 7) is 8.38. The van der Waals surface area contributed by atoms with Crippen molar-refractivity contribution in [3.63, 3.8) is 0 Å². The molecule has 2 heterocycles. The zero-order valence-corrected chi connectivity index (χ0v) is 16.8. The monoisotopic (exact) mass is 385 g/mol. The molecule has 150 valence electrons. The van der Waals surface area contributed by atoms with E-state index < -0.39 is 0 Å². The Labute approximate surface area is 165 Å². The number of piperidine rings is 1.